The number of nitrogens with zero attached hydrogens (tertiary/aromatic N) is 4. The number of primary amides is 1. The Labute approximate surface area is 207 Å². The van der Waals surface area contributed by atoms with E-state index >= 15 is 0 Å². The van der Waals surface area contributed by atoms with Gasteiger partial charge in [0, 0.05) is 11.5 Å². The number of nitriles is 1. The molecule has 2 aromatic heterocycles. The molecule has 2 heterocycles. The predicted molar refractivity (Wildman–Crippen MR) is 125 cm³/mol. The number of rotatable bonds is 6. The zero-order chi connectivity index (χ0) is 26.9. The van der Waals surface area contributed by atoms with Crippen molar-refractivity contribution in [3.05, 3.63) is 88.1 Å². The number of aromatic nitrogens is 3. The molecule has 2 aromatic carbocycles. The predicted octanol–water partition coefficient (Wildman–Crippen LogP) is 4.42. The van der Waals surface area contributed by atoms with E-state index in [1.54, 1.807) is 19.1 Å². The van der Waals surface area contributed by atoms with E-state index in [1.165, 1.54) is 18.2 Å². The second kappa shape index (κ2) is 9.69. The number of carbonyl (C=O) groups excluding carboxylic acids is 2. The smallest absolute Gasteiger partial charge is 0.366 e. The summed E-state index contributed by atoms with van der Waals surface area (Å²) in [4.78, 5) is 29.0. The molecule has 37 heavy (non-hydrogen) atoms. The number of nitrogens with two attached hydrogens (primary N) is 1. The van der Waals surface area contributed by atoms with Gasteiger partial charge in [0.15, 0.2) is 5.69 Å². The first-order chi connectivity index (χ1) is 17.5. The number of nitrogens with one attached hydrogen (secondary N) is 1. The highest BCUT2D eigenvalue weighted by molar-refractivity contribution is 6.10. The van der Waals surface area contributed by atoms with Gasteiger partial charge in [-0.1, -0.05) is 19.1 Å². The molecule has 188 valence electrons. The highest BCUT2D eigenvalue weighted by Gasteiger charge is 2.40. The van der Waals surface area contributed by atoms with Gasteiger partial charge in [0.2, 0.25) is 5.91 Å². The van der Waals surface area contributed by atoms with Crippen LogP contribution in [0.5, 0.6) is 0 Å². The molecule has 3 N–H and O–H groups in total. The minimum atomic E-state index is -4.90. The van der Waals surface area contributed by atoms with Gasteiger partial charge in [-0.05, 0) is 42.3 Å². The van der Waals surface area contributed by atoms with E-state index in [9.17, 15) is 27.2 Å². The maximum absolute atomic E-state index is 13.9. The number of hydrogen-bond acceptors (Lipinski definition) is 5. The van der Waals surface area contributed by atoms with Crippen LogP contribution in [-0.2, 0) is 19.1 Å². The van der Waals surface area contributed by atoms with E-state index in [0.29, 0.717) is 11.1 Å². The summed E-state index contributed by atoms with van der Waals surface area (Å²) < 4.78 is 56.6. The Hall–Kier alpha value is -4.79. The van der Waals surface area contributed by atoms with Crippen molar-refractivity contribution in [3.8, 4) is 6.07 Å². The maximum atomic E-state index is 13.9. The molecule has 0 radical (unpaired) electrons. The number of carbonyl (C=O) groups is 2. The van der Waals surface area contributed by atoms with Crippen molar-refractivity contribution in [2.45, 2.75) is 26.1 Å². The van der Waals surface area contributed by atoms with Crippen molar-refractivity contribution in [1.82, 2.24) is 14.8 Å². The van der Waals surface area contributed by atoms with Crippen molar-refractivity contribution >= 4 is 28.4 Å². The molecule has 0 fully saturated rings. The van der Waals surface area contributed by atoms with Gasteiger partial charge in [0.1, 0.15) is 11.5 Å². The molecule has 8 nitrogen and oxygen atoms in total. The first-order valence-electron chi connectivity index (χ1n) is 10.9. The van der Waals surface area contributed by atoms with E-state index < -0.39 is 40.9 Å². The number of fused-ring (bicyclic) bond motifs is 1. The highest BCUT2D eigenvalue weighted by Crippen LogP contribution is 2.37. The van der Waals surface area contributed by atoms with Gasteiger partial charge in [-0.3, -0.25) is 14.3 Å². The van der Waals surface area contributed by atoms with Gasteiger partial charge in [-0.2, -0.15) is 23.5 Å². The number of benzene rings is 2. The Kier molecular flexibility index (Phi) is 6.63. The normalized spacial score (nSPS) is 11.4. The van der Waals surface area contributed by atoms with Crippen LogP contribution in [0.15, 0.2) is 48.5 Å². The summed E-state index contributed by atoms with van der Waals surface area (Å²) in [7, 11) is 0. The summed E-state index contributed by atoms with van der Waals surface area (Å²) in [6.45, 7) is 1.55. The molecule has 0 bridgehead atoms. The second-order valence-electron chi connectivity index (χ2n) is 8.02. The van der Waals surface area contributed by atoms with Crippen LogP contribution in [0.1, 0.15) is 50.3 Å². The molecule has 0 aliphatic carbocycles. The third-order valence-electron chi connectivity index (χ3n) is 5.58. The summed E-state index contributed by atoms with van der Waals surface area (Å²) in [5, 5.41) is 15.1. The number of alkyl halides is 3. The Morgan fingerprint density at radius 3 is 2.43 bits per heavy atom. The fourth-order valence-corrected chi connectivity index (χ4v) is 3.87. The Morgan fingerprint density at radius 2 is 1.84 bits per heavy atom. The summed E-state index contributed by atoms with van der Waals surface area (Å²) in [6, 6.07) is 12.6. The Balaban J connectivity index is 1.77. The van der Waals surface area contributed by atoms with Gasteiger partial charge < -0.3 is 11.1 Å². The molecule has 4 rings (SSSR count). The van der Waals surface area contributed by atoms with Crippen molar-refractivity contribution in [2.75, 3.05) is 5.32 Å². The van der Waals surface area contributed by atoms with E-state index in [-0.39, 0.29) is 35.1 Å². The summed E-state index contributed by atoms with van der Waals surface area (Å²) in [5.74, 6) is -2.68. The molecule has 0 aliphatic heterocycles. The molecule has 0 aliphatic rings. The van der Waals surface area contributed by atoms with E-state index in [2.05, 4.69) is 15.4 Å². The number of anilines is 1. The lowest BCUT2D eigenvalue weighted by molar-refractivity contribution is -0.140. The number of pyridine rings is 1. The van der Waals surface area contributed by atoms with Crippen LogP contribution in [0, 0.1) is 17.1 Å². The fraction of sp³-hybridized carbons (Fsp3) is 0.160. The molecule has 0 spiro atoms. The summed E-state index contributed by atoms with van der Waals surface area (Å²) >= 11 is 0. The SMILES string of the molecule is CCc1c(NC(=O)c2cc(C(N)=O)c3ccc(F)cc3n2)c(C(F)(F)F)nn1Cc1ccc(C#N)cc1. The van der Waals surface area contributed by atoms with Crippen LogP contribution in [-0.4, -0.2) is 26.6 Å². The van der Waals surface area contributed by atoms with E-state index in [4.69, 9.17) is 11.0 Å². The first kappa shape index (κ1) is 25.3. The Morgan fingerprint density at radius 1 is 1.14 bits per heavy atom. The van der Waals surface area contributed by atoms with Gasteiger partial charge in [0.05, 0.1) is 40.6 Å². The molecule has 0 saturated carbocycles. The van der Waals surface area contributed by atoms with Gasteiger partial charge in [-0.25, -0.2) is 9.37 Å². The average molecular weight is 510 g/mol. The second-order valence-corrected chi connectivity index (χ2v) is 8.02. The highest BCUT2D eigenvalue weighted by atomic mass is 19.4. The van der Waals surface area contributed by atoms with Crippen molar-refractivity contribution in [3.63, 3.8) is 0 Å². The van der Waals surface area contributed by atoms with Gasteiger partial charge >= 0.3 is 6.18 Å². The molecule has 4 aromatic rings. The average Bonchev–Trinajstić information content (AvgIpc) is 3.20. The zero-order valence-corrected chi connectivity index (χ0v) is 19.2. The number of amides is 2. The standard InChI is InChI=1S/C25H18F4N6O2/c1-2-20-21(22(25(27,28)29)34-35(20)12-14-5-3-13(11-30)4-6-14)33-24(37)19-10-17(23(31)36)16-8-7-15(26)9-18(16)32-19/h3-10H,2,12H2,1H3,(H2,31,36)(H,33,37). The van der Waals surface area contributed by atoms with Crippen LogP contribution in [0.3, 0.4) is 0 Å². The lowest BCUT2D eigenvalue weighted by Gasteiger charge is -2.12. The van der Waals surface area contributed by atoms with Gasteiger partial charge in [0.25, 0.3) is 5.91 Å². The maximum Gasteiger partial charge on any atom is 0.437 e. The van der Waals surface area contributed by atoms with Crippen LogP contribution < -0.4 is 11.1 Å². The van der Waals surface area contributed by atoms with Crippen LogP contribution >= 0.6 is 0 Å². The van der Waals surface area contributed by atoms with E-state index in [0.717, 1.165) is 22.9 Å². The van der Waals surface area contributed by atoms with E-state index in [1.807, 2.05) is 6.07 Å². The third-order valence-corrected chi connectivity index (χ3v) is 5.58. The van der Waals surface area contributed by atoms with Crippen molar-refractivity contribution in [2.24, 2.45) is 5.73 Å². The lowest BCUT2D eigenvalue weighted by atomic mass is 10.1. The quantitative estimate of drug-likeness (QED) is 0.371. The first-order valence-corrected chi connectivity index (χ1v) is 10.9. The lowest BCUT2D eigenvalue weighted by Crippen LogP contribution is -2.20. The summed E-state index contributed by atoms with van der Waals surface area (Å²) in [5.41, 5.74) is 3.95. The molecule has 0 atom stereocenters. The minimum Gasteiger partial charge on any atom is -0.366 e. The van der Waals surface area contributed by atoms with Crippen LogP contribution in [0.2, 0.25) is 0 Å². The molecular weight excluding hydrogens is 492 g/mol. The topological polar surface area (TPSA) is 127 Å². The monoisotopic (exact) mass is 510 g/mol. The Bertz CT molecular complexity index is 1570. The van der Waals surface area contributed by atoms with Gasteiger partial charge in [-0.15, -0.1) is 0 Å². The largest absolute Gasteiger partial charge is 0.437 e. The zero-order valence-electron chi connectivity index (χ0n) is 19.2. The molecule has 12 heteroatoms. The number of hydrogen-bond donors (Lipinski definition) is 2. The summed E-state index contributed by atoms with van der Waals surface area (Å²) in [6.07, 6.45) is -4.82. The van der Waals surface area contributed by atoms with Crippen LogP contribution in [0.4, 0.5) is 23.2 Å². The minimum absolute atomic E-state index is 0.0485. The number of halogens is 4. The molecule has 0 saturated heterocycles. The van der Waals surface area contributed by atoms with Crippen LogP contribution in [0.25, 0.3) is 10.9 Å². The molecule has 0 unspecified atom stereocenters. The third kappa shape index (κ3) is 5.11. The molecule has 2 amide bonds. The van der Waals surface area contributed by atoms with Crippen molar-refractivity contribution < 1.29 is 27.2 Å². The molecular formula is C25H18F4N6O2. The van der Waals surface area contributed by atoms with Crippen molar-refractivity contribution in [1.29, 1.82) is 5.26 Å². The fourth-order valence-electron chi connectivity index (χ4n) is 3.87.